The van der Waals surface area contributed by atoms with E-state index in [2.05, 4.69) is 0 Å². The smallest absolute Gasteiger partial charge is 0.326 e. The lowest BCUT2D eigenvalue weighted by molar-refractivity contribution is -0.155. The van der Waals surface area contributed by atoms with Crippen molar-refractivity contribution in [1.82, 2.24) is 9.47 Å². The second kappa shape index (κ2) is 7.40. The van der Waals surface area contributed by atoms with E-state index in [0.29, 0.717) is 18.7 Å². The van der Waals surface area contributed by atoms with Crippen molar-refractivity contribution < 1.29 is 19.1 Å². The summed E-state index contributed by atoms with van der Waals surface area (Å²) in [4.78, 5) is 47.9. The highest BCUT2D eigenvalue weighted by atomic mass is 32.1. The fourth-order valence-corrected chi connectivity index (χ4v) is 3.26. The van der Waals surface area contributed by atoms with Crippen LogP contribution in [0.3, 0.4) is 0 Å². The molecule has 9 heteroatoms. The molecule has 8 nitrogen and oxygen atoms in total. The van der Waals surface area contributed by atoms with Crippen LogP contribution in [0.4, 0.5) is 0 Å². The van der Waals surface area contributed by atoms with E-state index in [0.717, 1.165) is 24.2 Å². The van der Waals surface area contributed by atoms with E-state index in [1.807, 2.05) is 0 Å². The number of aryl methyl sites for hydroxylation is 1. The van der Waals surface area contributed by atoms with Crippen LogP contribution in [-0.2, 0) is 25.7 Å². The van der Waals surface area contributed by atoms with Crippen LogP contribution in [0.1, 0.15) is 25.0 Å². The van der Waals surface area contributed by atoms with Crippen LogP contribution in [0.25, 0.3) is 0 Å². The Morgan fingerprint density at radius 3 is 2.74 bits per heavy atom. The molecule has 1 aromatic rings. The maximum Gasteiger partial charge on any atom is 0.326 e. The van der Waals surface area contributed by atoms with E-state index in [9.17, 15) is 19.2 Å². The zero-order valence-corrected chi connectivity index (χ0v) is 13.6. The van der Waals surface area contributed by atoms with Gasteiger partial charge in [-0.25, -0.2) is 0 Å². The zero-order valence-electron chi connectivity index (χ0n) is 12.8. The van der Waals surface area contributed by atoms with Gasteiger partial charge in [0.05, 0.1) is 0 Å². The normalized spacial score (nSPS) is 17.8. The van der Waals surface area contributed by atoms with Crippen molar-refractivity contribution in [1.29, 1.82) is 0 Å². The molecule has 1 aliphatic heterocycles. The van der Waals surface area contributed by atoms with Crippen LogP contribution in [0.15, 0.2) is 10.2 Å². The third-order valence-electron chi connectivity index (χ3n) is 3.77. The van der Waals surface area contributed by atoms with Gasteiger partial charge in [0.1, 0.15) is 12.6 Å². The van der Waals surface area contributed by atoms with Crippen LogP contribution in [0, 0.1) is 6.92 Å². The average molecular weight is 341 g/mol. The van der Waals surface area contributed by atoms with Crippen molar-refractivity contribution in [3.8, 4) is 0 Å². The van der Waals surface area contributed by atoms with Gasteiger partial charge in [-0.3, -0.25) is 23.7 Å². The minimum absolute atomic E-state index is 0.235. The number of thiazole rings is 1. The van der Waals surface area contributed by atoms with Crippen LogP contribution in [0.2, 0.25) is 0 Å². The molecule has 1 atom stereocenters. The molecule has 1 saturated heterocycles. The second-order valence-corrected chi connectivity index (χ2v) is 6.21. The molecule has 2 N–H and O–H groups in total. The summed E-state index contributed by atoms with van der Waals surface area (Å²) in [6, 6.07) is -0.642. The van der Waals surface area contributed by atoms with Crippen molar-refractivity contribution in [2.24, 2.45) is 5.73 Å². The second-order valence-electron chi connectivity index (χ2n) is 5.39. The van der Waals surface area contributed by atoms with E-state index in [-0.39, 0.29) is 11.4 Å². The van der Waals surface area contributed by atoms with E-state index in [1.165, 1.54) is 9.47 Å². The number of carbonyl (C=O) groups is 3. The van der Waals surface area contributed by atoms with Crippen molar-refractivity contribution in [2.45, 2.75) is 38.8 Å². The summed E-state index contributed by atoms with van der Waals surface area (Å²) in [6.45, 7) is 1.44. The number of nitrogens with two attached hydrogens (primary N) is 1. The molecule has 0 bridgehead atoms. The SMILES string of the molecule is Cc1csc(=O)n1CC(=O)OCC(=O)N1CCCC[C@@H]1C(N)=O. The number of nitrogens with zero attached hydrogens (tertiary/aromatic N) is 2. The summed E-state index contributed by atoms with van der Waals surface area (Å²) in [5.41, 5.74) is 5.96. The maximum atomic E-state index is 12.1. The van der Waals surface area contributed by atoms with Gasteiger partial charge in [0, 0.05) is 17.6 Å². The first kappa shape index (κ1) is 17.2. The molecule has 0 aliphatic carbocycles. The van der Waals surface area contributed by atoms with Crippen molar-refractivity contribution in [2.75, 3.05) is 13.2 Å². The number of hydrogen-bond acceptors (Lipinski definition) is 6. The summed E-state index contributed by atoms with van der Waals surface area (Å²) in [5, 5.41) is 1.64. The van der Waals surface area contributed by atoms with Gasteiger partial charge in [-0.2, -0.15) is 0 Å². The number of carbonyl (C=O) groups excluding carboxylic acids is 3. The van der Waals surface area contributed by atoms with Gasteiger partial charge in [-0.05, 0) is 26.2 Å². The lowest BCUT2D eigenvalue weighted by Crippen LogP contribution is -2.51. The molecule has 1 aliphatic rings. The molecule has 0 spiro atoms. The molecular weight excluding hydrogens is 322 g/mol. The monoisotopic (exact) mass is 341 g/mol. The Hall–Kier alpha value is -2.16. The van der Waals surface area contributed by atoms with Crippen molar-refractivity contribution in [3.05, 3.63) is 20.7 Å². The number of ether oxygens (including phenoxy) is 1. The maximum absolute atomic E-state index is 12.1. The predicted molar refractivity (Wildman–Crippen MR) is 82.8 cm³/mol. The summed E-state index contributed by atoms with van der Waals surface area (Å²) < 4.78 is 6.21. The lowest BCUT2D eigenvalue weighted by Gasteiger charge is -2.33. The largest absolute Gasteiger partial charge is 0.454 e. The molecule has 2 heterocycles. The van der Waals surface area contributed by atoms with E-state index in [4.69, 9.17) is 10.5 Å². The quantitative estimate of drug-likeness (QED) is 0.734. The average Bonchev–Trinajstić information content (AvgIpc) is 2.84. The van der Waals surface area contributed by atoms with E-state index < -0.39 is 30.4 Å². The number of aromatic nitrogens is 1. The fraction of sp³-hybridized carbons (Fsp3) is 0.571. The Morgan fingerprint density at radius 1 is 1.39 bits per heavy atom. The first-order valence-electron chi connectivity index (χ1n) is 7.29. The van der Waals surface area contributed by atoms with Crippen LogP contribution in [0.5, 0.6) is 0 Å². The van der Waals surface area contributed by atoms with Crippen molar-refractivity contribution in [3.63, 3.8) is 0 Å². The highest BCUT2D eigenvalue weighted by molar-refractivity contribution is 7.07. The topological polar surface area (TPSA) is 112 Å². The van der Waals surface area contributed by atoms with Crippen LogP contribution in [-0.4, -0.2) is 46.4 Å². The number of esters is 1. The third-order valence-corrected chi connectivity index (χ3v) is 4.65. The number of rotatable bonds is 5. The Kier molecular flexibility index (Phi) is 5.54. The Balaban J connectivity index is 1.89. The molecule has 2 amide bonds. The minimum atomic E-state index is -0.672. The molecule has 2 rings (SSSR count). The van der Waals surface area contributed by atoms with Gasteiger partial charge in [0.2, 0.25) is 5.91 Å². The van der Waals surface area contributed by atoms with Gasteiger partial charge >= 0.3 is 10.8 Å². The number of piperidine rings is 1. The van der Waals surface area contributed by atoms with E-state index >= 15 is 0 Å². The standard InChI is InChI=1S/C14H19N3O5S/c1-9-8-23-14(21)17(9)6-12(19)22-7-11(18)16-5-3-2-4-10(16)13(15)20/h8,10H,2-7H2,1H3,(H2,15,20)/t10-/m1/s1. The molecule has 1 fully saturated rings. The summed E-state index contributed by atoms with van der Waals surface area (Å²) >= 11 is 0.997. The van der Waals surface area contributed by atoms with Crippen LogP contribution >= 0.6 is 11.3 Å². The third kappa shape index (κ3) is 4.19. The number of hydrogen-bond donors (Lipinski definition) is 1. The first-order chi connectivity index (χ1) is 10.9. The zero-order chi connectivity index (χ0) is 17.0. The molecule has 0 aromatic carbocycles. The number of primary amides is 1. The Morgan fingerprint density at radius 2 is 2.13 bits per heavy atom. The fourth-order valence-electron chi connectivity index (χ4n) is 2.52. The lowest BCUT2D eigenvalue weighted by atomic mass is 10.0. The summed E-state index contributed by atoms with van der Waals surface area (Å²) in [7, 11) is 0. The molecule has 0 unspecified atom stereocenters. The summed E-state index contributed by atoms with van der Waals surface area (Å²) in [6.07, 6.45) is 2.14. The molecule has 23 heavy (non-hydrogen) atoms. The number of likely N-dealkylation sites (tertiary alicyclic amines) is 1. The summed E-state index contributed by atoms with van der Waals surface area (Å²) in [5.74, 6) is -1.67. The predicted octanol–water partition coefficient (Wildman–Crippen LogP) is -0.372. The Bertz CT molecular complexity index is 666. The molecular formula is C14H19N3O5S. The van der Waals surface area contributed by atoms with Gasteiger partial charge in [-0.1, -0.05) is 11.3 Å². The molecule has 1 aromatic heterocycles. The van der Waals surface area contributed by atoms with E-state index in [1.54, 1.807) is 12.3 Å². The molecule has 0 saturated carbocycles. The Labute approximate surface area is 136 Å². The highest BCUT2D eigenvalue weighted by Gasteiger charge is 2.30. The molecule has 126 valence electrons. The van der Waals surface area contributed by atoms with Gasteiger partial charge in [0.15, 0.2) is 6.61 Å². The van der Waals surface area contributed by atoms with Crippen LogP contribution < -0.4 is 10.6 Å². The minimum Gasteiger partial charge on any atom is -0.454 e. The van der Waals surface area contributed by atoms with Gasteiger partial charge in [-0.15, -0.1) is 0 Å². The van der Waals surface area contributed by atoms with Gasteiger partial charge < -0.3 is 15.4 Å². The first-order valence-corrected chi connectivity index (χ1v) is 8.17. The van der Waals surface area contributed by atoms with Gasteiger partial charge in [0.25, 0.3) is 5.91 Å². The number of amides is 2. The highest BCUT2D eigenvalue weighted by Crippen LogP contribution is 2.16. The molecule has 0 radical (unpaired) electrons. The van der Waals surface area contributed by atoms with Crippen molar-refractivity contribution >= 4 is 29.1 Å².